The summed E-state index contributed by atoms with van der Waals surface area (Å²) in [5.41, 5.74) is 2.32. The molecular formula is C31H36Cl2N4O2. The standard InChI is InChI=1S/C31H36Cl2N4O2/c1-4-36(5-2)15-8-9-22(3)34-30(38)14-16-39-31-21-29(25-17-26(32)20-27(33)18-25)35-37(31)28-13-12-23-10-6-7-11-24(23)19-28/h6-7,10-13,17-22H,4-5,8-9,14-16H2,1-3H3,(H,34,38). The van der Waals surface area contributed by atoms with Crippen molar-refractivity contribution in [2.75, 3.05) is 26.2 Å². The van der Waals surface area contributed by atoms with E-state index in [-0.39, 0.29) is 25.0 Å². The summed E-state index contributed by atoms with van der Waals surface area (Å²) in [6.45, 7) is 9.79. The topological polar surface area (TPSA) is 59.4 Å². The van der Waals surface area contributed by atoms with Crippen molar-refractivity contribution in [1.29, 1.82) is 0 Å². The number of rotatable bonds is 13. The Morgan fingerprint density at radius 3 is 2.44 bits per heavy atom. The van der Waals surface area contributed by atoms with Crippen molar-refractivity contribution in [3.8, 4) is 22.8 Å². The highest BCUT2D eigenvalue weighted by atomic mass is 35.5. The second-order valence-electron chi connectivity index (χ2n) is 9.71. The summed E-state index contributed by atoms with van der Waals surface area (Å²) in [6, 6.07) is 21.6. The highest BCUT2D eigenvalue weighted by Crippen LogP contribution is 2.31. The van der Waals surface area contributed by atoms with E-state index in [1.54, 1.807) is 10.7 Å². The van der Waals surface area contributed by atoms with Crippen LogP contribution in [0.25, 0.3) is 27.7 Å². The minimum Gasteiger partial charge on any atom is -0.477 e. The van der Waals surface area contributed by atoms with Gasteiger partial charge in [-0.2, -0.15) is 5.10 Å². The SMILES string of the molecule is CCN(CC)CCCC(C)NC(=O)CCOc1cc(-c2cc(Cl)cc(Cl)c2)nn1-c1ccc2ccccc2c1. The fourth-order valence-electron chi connectivity index (χ4n) is 4.63. The monoisotopic (exact) mass is 566 g/mol. The zero-order valence-corrected chi connectivity index (χ0v) is 24.3. The predicted molar refractivity (Wildman–Crippen MR) is 161 cm³/mol. The van der Waals surface area contributed by atoms with Crippen molar-refractivity contribution in [1.82, 2.24) is 20.0 Å². The van der Waals surface area contributed by atoms with Crippen LogP contribution in [-0.4, -0.2) is 52.9 Å². The maximum absolute atomic E-state index is 12.6. The van der Waals surface area contributed by atoms with Gasteiger partial charge in [0, 0.05) is 27.7 Å². The third kappa shape index (κ3) is 7.98. The Hall–Kier alpha value is -3.06. The van der Waals surface area contributed by atoms with Crippen molar-refractivity contribution in [3.05, 3.63) is 76.8 Å². The lowest BCUT2D eigenvalue weighted by Gasteiger charge is -2.19. The molecular weight excluding hydrogens is 531 g/mol. The molecule has 4 aromatic rings. The van der Waals surface area contributed by atoms with E-state index in [4.69, 9.17) is 33.0 Å². The highest BCUT2D eigenvalue weighted by molar-refractivity contribution is 6.35. The first-order chi connectivity index (χ1) is 18.9. The molecule has 6 nitrogen and oxygen atoms in total. The van der Waals surface area contributed by atoms with E-state index in [2.05, 4.69) is 55.3 Å². The van der Waals surface area contributed by atoms with Crippen LogP contribution in [-0.2, 0) is 4.79 Å². The second-order valence-corrected chi connectivity index (χ2v) is 10.6. The molecule has 1 amide bonds. The molecule has 8 heteroatoms. The molecule has 1 unspecified atom stereocenters. The van der Waals surface area contributed by atoms with E-state index >= 15 is 0 Å². The number of carbonyl (C=O) groups excluding carboxylic acids is 1. The molecule has 0 saturated carbocycles. The zero-order chi connectivity index (χ0) is 27.8. The molecule has 39 heavy (non-hydrogen) atoms. The first-order valence-electron chi connectivity index (χ1n) is 13.6. The fourth-order valence-corrected chi connectivity index (χ4v) is 5.16. The quantitative estimate of drug-likeness (QED) is 0.183. The second kappa shape index (κ2) is 13.8. The van der Waals surface area contributed by atoms with Gasteiger partial charge in [0.05, 0.1) is 24.4 Å². The van der Waals surface area contributed by atoms with E-state index in [1.807, 2.05) is 36.4 Å². The molecule has 4 rings (SSSR count). The van der Waals surface area contributed by atoms with E-state index < -0.39 is 0 Å². The zero-order valence-electron chi connectivity index (χ0n) is 22.8. The van der Waals surface area contributed by atoms with Crippen LogP contribution in [0.3, 0.4) is 0 Å². The van der Waals surface area contributed by atoms with Crippen LogP contribution in [0, 0.1) is 0 Å². The van der Waals surface area contributed by atoms with Crippen molar-refractivity contribution < 1.29 is 9.53 Å². The Balaban J connectivity index is 1.45. The number of aromatic nitrogens is 2. The lowest BCUT2D eigenvalue weighted by Crippen LogP contribution is -2.34. The van der Waals surface area contributed by atoms with Gasteiger partial charge in [-0.05, 0) is 80.5 Å². The van der Waals surface area contributed by atoms with Crippen LogP contribution in [0.15, 0.2) is 66.7 Å². The van der Waals surface area contributed by atoms with Crippen LogP contribution in [0.1, 0.15) is 40.0 Å². The van der Waals surface area contributed by atoms with Gasteiger partial charge in [-0.25, -0.2) is 4.68 Å². The molecule has 1 aromatic heterocycles. The van der Waals surface area contributed by atoms with Crippen molar-refractivity contribution in [3.63, 3.8) is 0 Å². The summed E-state index contributed by atoms with van der Waals surface area (Å²) in [5.74, 6) is 0.514. The van der Waals surface area contributed by atoms with Gasteiger partial charge in [0.25, 0.3) is 0 Å². The number of ether oxygens (including phenoxy) is 1. The largest absolute Gasteiger partial charge is 0.477 e. The Bertz CT molecular complexity index is 1380. The number of carbonyl (C=O) groups is 1. The molecule has 206 valence electrons. The third-order valence-electron chi connectivity index (χ3n) is 6.80. The first kappa shape index (κ1) is 28.9. The number of hydrogen-bond donors (Lipinski definition) is 1. The molecule has 0 fully saturated rings. The molecule has 3 aromatic carbocycles. The van der Waals surface area contributed by atoms with E-state index in [1.165, 1.54) is 0 Å². The molecule has 0 radical (unpaired) electrons. The Labute approximate surface area is 240 Å². The van der Waals surface area contributed by atoms with Gasteiger partial charge in [0.1, 0.15) is 0 Å². The Morgan fingerprint density at radius 2 is 1.72 bits per heavy atom. The normalized spacial score (nSPS) is 12.2. The van der Waals surface area contributed by atoms with Crippen LogP contribution in [0.2, 0.25) is 10.0 Å². The molecule has 1 heterocycles. The molecule has 1 N–H and O–H groups in total. The van der Waals surface area contributed by atoms with Gasteiger partial charge in [0.2, 0.25) is 11.8 Å². The fraction of sp³-hybridized carbons (Fsp3) is 0.355. The molecule has 0 aliphatic rings. The summed E-state index contributed by atoms with van der Waals surface area (Å²) in [6.07, 6.45) is 2.26. The number of fused-ring (bicyclic) bond motifs is 1. The lowest BCUT2D eigenvalue weighted by atomic mass is 10.1. The van der Waals surface area contributed by atoms with Crippen molar-refractivity contribution in [2.24, 2.45) is 0 Å². The summed E-state index contributed by atoms with van der Waals surface area (Å²) in [5, 5.41) is 11.2. The lowest BCUT2D eigenvalue weighted by molar-refractivity contribution is -0.122. The van der Waals surface area contributed by atoms with Crippen LogP contribution in [0.5, 0.6) is 5.88 Å². The molecule has 0 saturated heterocycles. The number of benzene rings is 3. The molecule has 1 atom stereocenters. The number of nitrogens with one attached hydrogen (secondary N) is 1. The summed E-state index contributed by atoms with van der Waals surface area (Å²) < 4.78 is 7.88. The Kier molecular flexibility index (Phi) is 10.3. The van der Waals surface area contributed by atoms with Crippen LogP contribution >= 0.6 is 23.2 Å². The predicted octanol–water partition coefficient (Wildman–Crippen LogP) is 7.39. The number of hydrogen-bond acceptors (Lipinski definition) is 4. The summed E-state index contributed by atoms with van der Waals surface area (Å²) in [4.78, 5) is 15.0. The van der Waals surface area contributed by atoms with E-state index in [9.17, 15) is 4.79 Å². The van der Waals surface area contributed by atoms with Gasteiger partial charge in [0.15, 0.2) is 0 Å². The van der Waals surface area contributed by atoms with Crippen molar-refractivity contribution >= 4 is 39.9 Å². The van der Waals surface area contributed by atoms with Crippen molar-refractivity contribution in [2.45, 2.75) is 46.1 Å². The maximum Gasteiger partial charge on any atom is 0.223 e. The van der Waals surface area contributed by atoms with Gasteiger partial charge in [-0.1, -0.05) is 67.4 Å². The highest BCUT2D eigenvalue weighted by Gasteiger charge is 2.15. The minimum atomic E-state index is -0.0241. The summed E-state index contributed by atoms with van der Waals surface area (Å²) in [7, 11) is 0. The number of halogens is 2. The molecule has 0 aliphatic heterocycles. The smallest absolute Gasteiger partial charge is 0.223 e. The maximum atomic E-state index is 12.6. The average Bonchev–Trinajstić information content (AvgIpc) is 3.34. The van der Waals surface area contributed by atoms with Gasteiger partial charge >= 0.3 is 0 Å². The minimum absolute atomic E-state index is 0.0241. The van der Waals surface area contributed by atoms with Gasteiger partial charge in [-0.15, -0.1) is 0 Å². The van der Waals surface area contributed by atoms with E-state index in [0.29, 0.717) is 21.6 Å². The average molecular weight is 568 g/mol. The summed E-state index contributed by atoms with van der Waals surface area (Å²) >= 11 is 12.5. The number of nitrogens with zero attached hydrogens (tertiary/aromatic N) is 3. The number of amides is 1. The van der Waals surface area contributed by atoms with Gasteiger partial charge < -0.3 is 15.0 Å². The molecule has 0 bridgehead atoms. The first-order valence-corrected chi connectivity index (χ1v) is 14.3. The molecule has 0 spiro atoms. The van der Waals surface area contributed by atoms with Gasteiger partial charge in [-0.3, -0.25) is 4.79 Å². The molecule has 0 aliphatic carbocycles. The third-order valence-corrected chi connectivity index (χ3v) is 7.24. The Morgan fingerprint density at radius 1 is 1.00 bits per heavy atom. The van der Waals surface area contributed by atoms with E-state index in [0.717, 1.165) is 54.5 Å². The van der Waals surface area contributed by atoms with Crippen LogP contribution in [0.4, 0.5) is 0 Å². The van der Waals surface area contributed by atoms with Crippen LogP contribution < -0.4 is 10.1 Å².